The van der Waals surface area contributed by atoms with E-state index in [-0.39, 0.29) is 0 Å². The largest absolute Gasteiger partial charge is 0.326 e. The first-order valence-corrected chi connectivity index (χ1v) is 7.54. The fourth-order valence-corrected chi connectivity index (χ4v) is 3.17. The van der Waals surface area contributed by atoms with E-state index in [4.69, 9.17) is 5.73 Å². The van der Waals surface area contributed by atoms with Crippen molar-refractivity contribution >= 4 is 15.7 Å². The highest BCUT2D eigenvalue weighted by molar-refractivity contribution is 7.92. The van der Waals surface area contributed by atoms with Crippen molar-refractivity contribution in [2.75, 3.05) is 11.4 Å². The highest BCUT2D eigenvalue weighted by atomic mass is 32.2. The lowest BCUT2D eigenvalue weighted by molar-refractivity contribution is 0.528. The molecule has 7 heteroatoms. The molecule has 0 saturated carbocycles. The number of para-hydroxylation sites is 1. The number of sulfonamides is 1. The van der Waals surface area contributed by atoms with Gasteiger partial charge >= 0.3 is 0 Å². The van der Waals surface area contributed by atoms with E-state index in [1.54, 1.807) is 30.3 Å². The van der Waals surface area contributed by atoms with Gasteiger partial charge in [-0.1, -0.05) is 18.2 Å². The van der Waals surface area contributed by atoms with Gasteiger partial charge in [-0.15, -0.1) is 0 Å². The monoisotopic (exact) mass is 312 g/mol. The zero-order valence-corrected chi connectivity index (χ0v) is 12.1. The maximum absolute atomic E-state index is 14.2. The van der Waals surface area contributed by atoms with E-state index < -0.39 is 38.7 Å². The van der Waals surface area contributed by atoms with Crippen LogP contribution in [0.15, 0.2) is 47.4 Å². The van der Waals surface area contributed by atoms with Gasteiger partial charge in [0, 0.05) is 19.2 Å². The summed E-state index contributed by atoms with van der Waals surface area (Å²) in [6.45, 7) is -0.421. The Morgan fingerprint density at radius 1 is 1.10 bits per heavy atom. The smallest absolute Gasteiger partial charge is 0.267 e. The van der Waals surface area contributed by atoms with Crippen LogP contribution in [0.2, 0.25) is 0 Å². The Morgan fingerprint density at radius 2 is 1.71 bits per heavy atom. The van der Waals surface area contributed by atoms with Crippen molar-refractivity contribution in [3.63, 3.8) is 0 Å². The molecule has 0 fully saturated rings. The van der Waals surface area contributed by atoms with Gasteiger partial charge in [-0.2, -0.15) is 0 Å². The molecule has 0 spiro atoms. The summed E-state index contributed by atoms with van der Waals surface area (Å²) in [5.74, 6) is -2.02. The third-order valence-corrected chi connectivity index (χ3v) is 4.92. The van der Waals surface area contributed by atoms with Crippen LogP contribution in [-0.2, 0) is 16.6 Å². The van der Waals surface area contributed by atoms with Gasteiger partial charge < -0.3 is 5.73 Å². The van der Waals surface area contributed by atoms with E-state index in [1.165, 1.54) is 7.05 Å². The molecule has 21 heavy (non-hydrogen) atoms. The summed E-state index contributed by atoms with van der Waals surface area (Å²) in [6, 6.07) is 10.00. The molecule has 4 nitrogen and oxygen atoms in total. The summed E-state index contributed by atoms with van der Waals surface area (Å²) in [7, 11) is -2.83. The second-order valence-corrected chi connectivity index (χ2v) is 6.29. The quantitative estimate of drug-likeness (QED) is 0.942. The van der Waals surface area contributed by atoms with E-state index >= 15 is 0 Å². The lowest BCUT2D eigenvalue weighted by Gasteiger charge is -2.20. The predicted octanol–water partition coefficient (Wildman–Crippen LogP) is 2.25. The SMILES string of the molecule is CN(c1ccccc1)S(=O)(=O)c1ccc(F)c(CN)c1F. The molecule has 2 aromatic carbocycles. The van der Waals surface area contributed by atoms with Crippen molar-refractivity contribution < 1.29 is 17.2 Å². The van der Waals surface area contributed by atoms with Gasteiger partial charge in [0.25, 0.3) is 10.0 Å². The summed E-state index contributed by atoms with van der Waals surface area (Å²) >= 11 is 0. The maximum Gasteiger partial charge on any atom is 0.267 e. The van der Waals surface area contributed by atoms with E-state index in [0.29, 0.717) is 5.69 Å². The number of rotatable bonds is 4. The third kappa shape index (κ3) is 2.74. The van der Waals surface area contributed by atoms with Crippen LogP contribution in [0, 0.1) is 11.6 Å². The minimum atomic E-state index is -4.14. The van der Waals surface area contributed by atoms with Gasteiger partial charge in [0.05, 0.1) is 5.69 Å². The first kappa shape index (κ1) is 15.4. The van der Waals surface area contributed by atoms with Gasteiger partial charge in [-0.05, 0) is 24.3 Å². The summed E-state index contributed by atoms with van der Waals surface area (Å²) in [4.78, 5) is -0.601. The molecule has 0 aliphatic heterocycles. The van der Waals surface area contributed by atoms with E-state index in [2.05, 4.69) is 0 Å². The minimum Gasteiger partial charge on any atom is -0.326 e. The van der Waals surface area contributed by atoms with Crippen LogP contribution in [0.5, 0.6) is 0 Å². The normalized spacial score (nSPS) is 11.4. The molecule has 0 radical (unpaired) electrons. The number of benzene rings is 2. The molecule has 0 saturated heterocycles. The van der Waals surface area contributed by atoms with Crippen molar-refractivity contribution in [2.24, 2.45) is 5.73 Å². The van der Waals surface area contributed by atoms with Crippen LogP contribution in [0.3, 0.4) is 0 Å². The van der Waals surface area contributed by atoms with Gasteiger partial charge in [0.1, 0.15) is 10.7 Å². The van der Waals surface area contributed by atoms with Crippen molar-refractivity contribution in [3.8, 4) is 0 Å². The van der Waals surface area contributed by atoms with Gasteiger partial charge in [-0.25, -0.2) is 17.2 Å². The number of nitrogens with two attached hydrogens (primary N) is 1. The molecule has 0 heterocycles. The molecule has 2 aromatic rings. The Bertz CT molecular complexity index is 749. The second-order valence-electron chi connectivity index (χ2n) is 4.35. The fourth-order valence-electron chi connectivity index (χ4n) is 1.89. The molecular weight excluding hydrogens is 298 g/mol. The standard InChI is InChI=1S/C14H14F2N2O2S/c1-18(10-5-3-2-4-6-10)21(19,20)13-8-7-12(15)11(9-17)14(13)16/h2-8H,9,17H2,1H3. The second kappa shape index (κ2) is 5.79. The Morgan fingerprint density at radius 3 is 2.29 bits per heavy atom. The molecule has 112 valence electrons. The number of nitrogens with zero attached hydrogens (tertiary/aromatic N) is 1. The predicted molar refractivity (Wildman–Crippen MR) is 76.3 cm³/mol. The highest BCUT2D eigenvalue weighted by Gasteiger charge is 2.27. The average molecular weight is 312 g/mol. The Balaban J connectivity index is 2.55. The van der Waals surface area contributed by atoms with Crippen molar-refractivity contribution in [1.29, 1.82) is 0 Å². The van der Waals surface area contributed by atoms with Crippen LogP contribution in [-0.4, -0.2) is 15.5 Å². The number of halogens is 2. The Kier molecular flexibility index (Phi) is 4.24. The number of anilines is 1. The minimum absolute atomic E-state index is 0.371. The van der Waals surface area contributed by atoms with E-state index in [9.17, 15) is 17.2 Å². The molecule has 0 aliphatic rings. The summed E-state index contributed by atoms with van der Waals surface area (Å²) in [5, 5.41) is 0. The highest BCUT2D eigenvalue weighted by Crippen LogP contribution is 2.26. The topological polar surface area (TPSA) is 63.4 Å². The Labute approximate surface area is 121 Å². The van der Waals surface area contributed by atoms with Gasteiger partial charge in [-0.3, -0.25) is 4.31 Å². The maximum atomic E-state index is 14.2. The van der Waals surface area contributed by atoms with Crippen LogP contribution in [0.4, 0.5) is 14.5 Å². The molecule has 2 rings (SSSR count). The molecule has 0 aliphatic carbocycles. The van der Waals surface area contributed by atoms with E-state index in [0.717, 1.165) is 16.4 Å². The molecule has 0 aromatic heterocycles. The van der Waals surface area contributed by atoms with Crippen LogP contribution in [0.25, 0.3) is 0 Å². The summed E-state index contributed by atoms with van der Waals surface area (Å²) < 4.78 is 53.4. The zero-order chi connectivity index (χ0) is 15.6. The summed E-state index contributed by atoms with van der Waals surface area (Å²) in [5.41, 5.74) is 5.19. The van der Waals surface area contributed by atoms with Crippen LogP contribution < -0.4 is 10.0 Å². The Hall–Kier alpha value is -1.99. The molecule has 0 unspecified atom stereocenters. The third-order valence-electron chi connectivity index (χ3n) is 3.11. The summed E-state index contributed by atoms with van der Waals surface area (Å²) in [6.07, 6.45) is 0. The molecule has 2 N–H and O–H groups in total. The molecule has 0 amide bonds. The number of hydrogen-bond donors (Lipinski definition) is 1. The van der Waals surface area contributed by atoms with Crippen LogP contribution in [0.1, 0.15) is 5.56 Å². The van der Waals surface area contributed by atoms with Crippen molar-refractivity contribution in [3.05, 3.63) is 59.7 Å². The first-order valence-electron chi connectivity index (χ1n) is 6.10. The molecule has 0 bridgehead atoms. The lowest BCUT2D eigenvalue weighted by Crippen LogP contribution is -2.28. The molecule has 0 atom stereocenters. The molecular formula is C14H14F2N2O2S. The lowest BCUT2D eigenvalue weighted by atomic mass is 10.2. The van der Waals surface area contributed by atoms with E-state index in [1.807, 2.05) is 0 Å². The average Bonchev–Trinajstić information content (AvgIpc) is 2.47. The van der Waals surface area contributed by atoms with Crippen molar-refractivity contribution in [2.45, 2.75) is 11.4 Å². The van der Waals surface area contributed by atoms with Gasteiger partial charge in [0.2, 0.25) is 0 Å². The van der Waals surface area contributed by atoms with Crippen molar-refractivity contribution in [1.82, 2.24) is 0 Å². The first-order chi connectivity index (χ1) is 9.89. The van der Waals surface area contributed by atoms with Gasteiger partial charge in [0.15, 0.2) is 5.82 Å². The fraction of sp³-hybridized carbons (Fsp3) is 0.143. The number of hydrogen-bond acceptors (Lipinski definition) is 3. The zero-order valence-electron chi connectivity index (χ0n) is 11.3. The van der Waals surface area contributed by atoms with Crippen LogP contribution >= 0.6 is 0 Å².